The van der Waals surface area contributed by atoms with Crippen LogP contribution in [0.2, 0.25) is 0 Å². The molecule has 3 rings (SSSR count). The van der Waals surface area contributed by atoms with E-state index in [0.717, 1.165) is 38.7 Å². The van der Waals surface area contributed by atoms with Crippen LogP contribution in [-0.2, 0) is 9.47 Å². The van der Waals surface area contributed by atoms with Crippen LogP contribution in [0.1, 0.15) is 46.0 Å². The maximum Gasteiger partial charge on any atom is 0.191 e. The third-order valence-corrected chi connectivity index (χ3v) is 5.93. The van der Waals surface area contributed by atoms with Gasteiger partial charge in [0, 0.05) is 44.2 Å². The molecule has 0 amide bonds. The Balaban J connectivity index is 0.00000208. The first-order chi connectivity index (χ1) is 11.2. The molecule has 3 aliphatic rings. The summed E-state index contributed by atoms with van der Waals surface area (Å²) in [7, 11) is 1.85. The molecule has 1 saturated heterocycles. The van der Waals surface area contributed by atoms with Gasteiger partial charge in [-0.3, -0.25) is 4.99 Å². The Morgan fingerprint density at radius 3 is 2.75 bits per heavy atom. The monoisotopic (exact) mass is 451 g/mol. The number of halogens is 1. The maximum atomic E-state index is 5.98. The normalized spacial score (nSPS) is 30.3. The van der Waals surface area contributed by atoms with Crippen LogP contribution in [-0.4, -0.2) is 51.5 Å². The quantitative estimate of drug-likeness (QED) is 0.271. The smallest absolute Gasteiger partial charge is 0.191 e. The van der Waals surface area contributed by atoms with Gasteiger partial charge in [0.05, 0.1) is 12.7 Å². The van der Waals surface area contributed by atoms with Crippen LogP contribution in [0.15, 0.2) is 4.99 Å². The zero-order valence-corrected chi connectivity index (χ0v) is 17.7. The van der Waals surface area contributed by atoms with Gasteiger partial charge in [-0.2, -0.15) is 0 Å². The summed E-state index contributed by atoms with van der Waals surface area (Å²) < 4.78 is 11.6. The summed E-state index contributed by atoms with van der Waals surface area (Å²) in [6.45, 7) is 7.77. The predicted octanol–water partition coefficient (Wildman–Crippen LogP) is 2.79. The Morgan fingerprint density at radius 1 is 1.33 bits per heavy atom. The largest absolute Gasteiger partial charge is 0.380 e. The third kappa shape index (κ3) is 4.01. The minimum absolute atomic E-state index is 0. The molecular formula is C18H34IN3O2. The molecule has 140 valence electrons. The molecule has 6 heteroatoms. The van der Waals surface area contributed by atoms with E-state index in [2.05, 4.69) is 29.5 Å². The Hall–Kier alpha value is -0.0800. The van der Waals surface area contributed by atoms with E-state index in [1.54, 1.807) is 0 Å². The van der Waals surface area contributed by atoms with Gasteiger partial charge in [0.15, 0.2) is 5.96 Å². The molecule has 2 aliphatic carbocycles. The van der Waals surface area contributed by atoms with Gasteiger partial charge in [0.2, 0.25) is 0 Å². The van der Waals surface area contributed by atoms with Crippen LogP contribution >= 0.6 is 24.0 Å². The molecule has 0 radical (unpaired) electrons. The Bertz CT molecular complexity index is 426. The highest BCUT2D eigenvalue weighted by atomic mass is 127. The van der Waals surface area contributed by atoms with Crippen molar-refractivity contribution in [3.63, 3.8) is 0 Å². The first-order valence-corrected chi connectivity index (χ1v) is 9.34. The highest BCUT2D eigenvalue weighted by Crippen LogP contribution is 2.62. The van der Waals surface area contributed by atoms with Crippen LogP contribution in [0, 0.1) is 17.3 Å². The number of aliphatic imine (C=N–C) groups is 1. The molecule has 3 fully saturated rings. The lowest BCUT2D eigenvalue weighted by molar-refractivity contribution is -0.171. The van der Waals surface area contributed by atoms with Crippen molar-refractivity contribution in [3.05, 3.63) is 0 Å². The van der Waals surface area contributed by atoms with Crippen molar-refractivity contribution in [2.24, 2.45) is 22.2 Å². The molecule has 1 heterocycles. The molecule has 3 unspecified atom stereocenters. The number of nitrogens with one attached hydrogen (secondary N) is 2. The number of guanidine groups is 1. The second kappa shape index (κ2) is 9.03. The maximum absolute atomic E-state index is 5.98. The van der Waals surface area contributed by atoms with E-state index in [0.29, 0.717) is 29.4 Å². The van der Waals surface area contributed by atoms with Crippen molar-refractivity contribution in [2.75, 3.05) is 33.4 Å². The average molecular weight is 451 g/mol. The summed E-state index contributed by atoms with van der Waals surface area (Å²) in [5.74, 6) is 2.30. The number of nitrogens with zero attached hydrogens (tertiary/aromatic N) is 1. The lowest BCUT2D eigenvalue weighted by Crippen LogP contribution is -2.72. The number of hydrogen-bond acceptors (Lipinski definition) is 3. The van der Waals surface area contributed by atoms with Crippen LogP contribution in [0.3, 0.4) is 0 Å². The second-order valence-electron chi connectivity index (χ2n) is 7.75. The standard InChI is InChI=1S/C18H33N3O2.HI/c1-13(2)5-10-22-12-9-20-17(19-3)21-15-14-6-11-23-16(14)18(15)7-4-8-18;/h13-16H,4-12H2,1-3H3,(H2,19,20,21);1H. The van der Waals surface area contributed by atoms with Crippen molar-refractivity contribution >= 4 is 29.9 Å². The molecule has 0 aromatic rings. The van der Waals surface area contributed by atoms with Crippen molar-refractivity contribution in [1.82, 2.24) is 10.6 Å². The van der Waals surface area contributed by atoms with Crippen LogP contribution in [0.4, 0.5) is 0 Å². The molecule has 0 bridgehead atoms. The predicted molar refractivity (Wildman–Crippen MR) is 108 cm³/mol. The zero-order chi connectivity index (χ0) is 16.3. The highest BCUT2D eigenvalue weighted by molar-refractivity contribution is 14.0. The van der Waals surface area contributed by atoms with E-state index in [-0.39, 0.29) is 24.0 Å². The summed E-state index contributed by atoms with van der Waals surface area (Å²) in [4.78, 5) is 4.39. The van der Waals surface area contributed by atoms with E-state index in [4.69, 9.17) is 9.47 Å². The van der Waals surface area contributed by atoms with Crippen molar-refractivity contribution in [1.29, 1.82) is 0 Å². The summed E-state index contributed by atoms with van der Waals surface area (Å²) in [5, 5.41) is 7.08. The topological polar surface area (TPSA) is 54.9 Å². The van der Waals surface area contributed by atoms with Gasteiger partial charge < -0.3 is 20.1 Å². The van der Waals surface area contributed by atoms with Gasteiger partial charge >= 0.3 is 0 Å². The molecule has 1 aliphatic heterocycles. The Labute approximate surface area is 163 Å². The minimum atomic E-state index is 0. The molecule has 2 saturated carbocycles. The average Bonchev–Trinajstić information content (AvgIpc) is 2.89. The first kappa shape index (κ1) is 20.2. The summed E-state index contributed by atoms with van der Waals surface area (Å²) >= 11 is 0. The summed E-state index contributed by atoms with van der Waals surface area (Å²) in [6.07, 6.45) is 6.79. The SMILES string of the molecule is CN=C(NCCOCCC(C)C)NC1C2CCOC2C12CCC2.I. The number of fused-ring (bicyclic) bond motifs is 2. The summed E-state index contributed by atoms with van der Waals surface area (Å²) in [6, 6.07) is 0.539. The summed E-state index contributed by atoms with van der Waals surface area (Å²) in [5.41, 5.74) is 0.395. The molecule has 5 nitrogen and oxygen atoms in total. The molecule has 0 aromatic carbocycles. The molecular weight excluding hydrogens is 417 g/mol. The fourth-order valence-corrected chi connectivity index (χ4v) is 4.46. The van der Waals surface area contributed by atoms with Crippen molar-refractivity contribution < 1.29 is 9.47 Å². The van der Waals surface area contributed by atoms with Crippen LogP contribution in [0.25, 0.3) is 0 Å². The zero-order valence-electron chi connectivity index (χ0n) is 15.3. The number of rotatable bonds is 7. The first-order valence-electron chi connectivity index (χ1n) is 9.34. The van der Waals surface area contributed by atoms with E-state index >= 15 is 0 Å². The molecule has 2 N–H and O–H groups in total. The number of ether oxygens (including phenoxy) is 2. The molecule has 24 heavy (non-hydrogen) atoms. The lowest BCUT2D eigenvalue weighted by Gasteiger charge is -2.63. The van der Waals surface area contributed by atoms with Gasteiger partial charge in [-0.05, 0) is 31.6 Å². The van der Waals surface area contributed by atoms with E-state index < -0.39 is 0 Å². The molecule has 1 spiro atoms. The number of hydrogen-bond donors (Lipinski definition) is 2. The Kier molecular flexibility index (Phi) is 7.61. The van der Waals surface area contributed by atoms with Crippen LogP contribution < -0.4 is 10.6 Å². The minimum Gasteiger partial charge on any atom is -0.380 e. The second-order valence-corrected chi connectivity index (χ2v) is 7.75. The van der Waals surface area contributed by atoms with Crippen molar-refractivity contribution in [2.45, 2.75) is 58.1 Å². The van der Waals surface area contributed by atoms with Gasteiger partial charge in [-0.1, -0.05) is 20.3 Å². The molecule has 0 aromatic heterocycles. The highest BCUT2D eigenvalue weighted by Gasteiger charge is 2.66. The fraction of sp³-hybridized carbons (Fsp3) is 0.944. The van der Waals surface area contributed by atoms with Crippen LogP contribution in [0.5, 0.6) is 0 Å². The van der Waals surface area contributed by atoms with Crippen molar-refractivity contribution in [3.8, 4) is 0 Å². The molecule has 3 atom stereocenters. The fourth-order valence-electron chi connectivity index (χ4n) is 4.46. The third-order valence-electron chi connectivity index (χ3n) is 5.93. The van der Waals surface area contributed by atoms with Gasteiger partial charge in [0.1, 0.15) is 0 Å². The van der Waals surface area contributed by atoms with Gasteiger partial charge in [-0.25, -0.2) is 0 Å². The Morgan fingerprint density at radius 2 is 2.12 bits per heavy atom. The van der Waals surface area contributed by atoms with Gasteiger partial charge in [-0.15, -0.1) is 24.0 Å². The van der Waals surface area contributed by atoms with E-state index in [1.165, 1.54) is 25.7 Å². The van der Waals surface area contributed by atoms with E-state index in [1.807, 2.05) is 7.05 Å². The van der Waals surface area contributed by atoms with Gasteiger partial charge in [0.25, 0.3) is 0 Å². The van der Waals surface area contributed by atoms with E-state index in [9.17, 15) is 0 Å². The lowest BCUT2D eigenvalue weighted by atomic mass is 9.46.